The van der Waals surface area contributed by atoms with Crippen LogP contribution in [0.5, 0.6) is 0 Å². The molecule has 0 amide bonds. The Morgan fingerprint density at radius 3 is 2.44 bits per heavy atom. The minimum absolute atomic E-state index is 0.0192. The number of esters is 1. The van der Waals surface area contributed by atoms with E-state index < -0.39 is 16.9 Å². The van der Waals surface area contributed by atoms with Crippen LogP contribution in [0, 0.1) is 15.9 Å². The molecule has 0 N–H and O–H groups in total. The molecule has 98 valence electrons. The van der Waals surface area contributed by atoms with E-state index in [1.807, 2.05) is 0 Å². The van der Waals surface area contributed by atoms with Crippen molar-refractivity contribution < 1.29 is 18.8 Å². The number of benzene rings is 1. The summed E-state index contributed by atoms with van der Waals surface area (Å²) in [6.07, 6.45) is 0.0192. The van der Waals surface area contributed by atoms with Gasteiger partial charge in [0.15, 0.2) is 0 Å². The SMILES string of the molecule is COC(=O)C(CC(C)c1ccc(F)cc1)[N+](=O)[O-]. The van der Waals surface area contributed by atoms with Crippen LogP contribution in [0.4, 0.5) is 4.39 Å². The summed E-state index contributed by atoms with van der Waals surface area (Å²) in [6, 6.07) is 4.27. The number of methoxy groups -OCH3 is 1. The zero-order valence-corrected chi connectivity index (χ0v) is 10.1. The van der Waals surface area contributed by atoms with E-state index in [4.69, 9.17) is 0 Å². The number of rotatable bonds is 5. The number of hydrogen-bond donors (Lipinski definition) is 0. The Bertz CT molecular complexity index is 432. The van der Waals surface area contributed by atoms with E-state index in [1.165, 1.54) is 12.1 Å². The number of carbonyl (C=O) groups excluding carboxylic acids is 1. The fraction of sp³-hybridized carbons (Fsp3) is 0.417. The summed E-state index contributed by atoms with van der Waals surface area (Å²) >= 11 is 0. The third-order valence-corrected chi connectivity index (χ3v) is 2.74. The predicted octanol–water partition coefficient (Wildman–Crippen LogP) is 2.14. The summed E-state index contributed by atoms with van der Waals surface area (Å²) in [4.78, 5) is 21.4. The summed E-state index contributed by atoms with van der Waals surface area (Å²) in [5.41, 5.74) is 0.743. The second-order valence-corrected chi connectivity index (χ2v) is 4.01. The van der Waals surface area contributed by atoms with Gasteiger partial charge in [-0.2, -0.15) is 0 Å². The van der Waals surface area contributed by atoms with Gasteiger partial charge in [0.05, 0.1) is 7.11 Å². The first-order chi connectivity index (χ1) is 8.45. The molecule has 18 heavy (non-hydrogen) atoms. The van der Waals surface area contributed by atoms with Crippen molar-refractivity contribution in [3.63, 3.8) is 0 Å². The highest BCUT2D eigenvalue weighted by molar-refractivity contribution is 5.74. The van der Waals surface area contributed by atoms with Crippen molar-refractivity contribution in [2.24, 2.45) is 0 Å². The molecule has 0 saturated heterocycles. The van der Waals surface area contributed by atoms with Gasteiger partial charge in [0.2, 0.25) is 0 Å². The van der Waals surface area contributed by atoms with Crippen LogP contribution in [0.1, 0.15) is 24.8 Å². The number of nitro groups is 1. The quantitative estimate of drug-likeness (QED) is 0.459. The molecule has 0 aliphatic rings. The van der Waals surface area contributed by atoms with Crippen molar-refractivity contribution >= 4 is 5.97 Å². The highest BCUT2D eigenvalue weighted by atomic mass is 19.1. The van der Waals surface area contributed by atoms with E-state index in [9.17, 15) is 19.3 Å². The lowest BCUT2D eigenvalue weighted by molar-refractivity contribution is -0.511. The van der Waals surface area contributed by atoms with Crippen LogP contribution in [-0.2, 0) is 9.53 Å². The largest absolute Gasteiger partial charge is 0.464 e. The molecule has 0 radical (unpaired) electrons. The lowest BCUT2D eigenvalue weighted by Crippen LogP contribution is -2.32. The fourth-order valence-corrected chi connectivity index (χ4v) is 1.67. The van der Waals surface area contributed by atoms with E-state index in [-0.39, 0.29) is 18.2 Å². The van der Waals surface area contributed by atoms with Crippen molar-refractivity contribution in [3.8, 4) is 0 Å². The summed E-state index contributed by atoms with van der Waals surface area (Å²) < 4.78 is 17.1. The van der Waals surface area contributed by atoms with Gasteiger partial charge in [-0.05, 0) is 23.6 Å². The Hall–Kier alpha value is -1.98. The molecule has 0 bridgehead atoms. The summed E-state index contributed by atoms with van der Waals surface area (Å²) in [5, 5.41) is 10.8. The highest BCUT2D eigenvalue weighted by Crippen LogP contribution is 2.22. The van der Waals surface area contributed by atoms with E-state index in [0.29, 0.717) is 0 Å². The average molecular weight is 255 g/mol. The normalized spacial score (nSPS) is 13.7. The van der Waals surface area contributed by atoms with Gasteiger partial charge >= 0.3 is 12.0 Å². The van der Waals surface area contributed by atoms with Crippen molar-refractivity contribution in [1.29, 1.82) is 0 Å². The predicted molar refractivity (Wildman–Crippen MR) is 62.2 cm³/mol. The van der Waals surface area contributed by atoms with E-state index in [0.717, 1.165) is 12.7 Å². The molecular formula is C12H14FNO4. The Morgan fingerprint density at radius 1 is 1.44 bits per heavy atom. The van der Waals surface area contributed by atoms with Gasteiger partial charge in [0, 0.05) is 11.3 Å². The molecule has 5 nitrogen and oxygen atoms in total. The lowest BCUT2D eigenvalue weighted by Gasteiger charge is -2.13. The molecule has 0 aliphatic heterocycles. The van der Waals surface area contributed by atoms with Crippen LogP contribution in [0.15, 0.2) is 24.3 Å². The maximum Gasteiger partial charge on any atom is 0.381 e. The zero-order valence-electron chi connectivity index (χ0n) is 10.1. The lowest BCUT2D eigenvalue weighted by atomic mass is 9.94. The van der Waals surface area contributed by atoms with Crippen molar-refractivity contribution in [2.75, 3.05) is 7.11 Å². The summed E-state index contributed by atoms with van der Waals surface area (Å²) in [6.45, 7) is 1.74. The molecule has 6 heteroatoms. The number of halogens is 1. The third kappa shape index (κ3) is 3.51. The van der Waals surface area contributed by atoms with Gasteiger partial charge in [-0.15, -0.1) is 0 Å². The van der Waals surface area contributed by atoms with Crippen LogP contribution in [0.2, 0.25) is 0 Å². The second kappa shape index (κ2) is 6.09. The van der Waals surface area contributed by atoms with Crippen LogP contribution in [0.3, 0.4) is 0 Å². The molecule has 0 heterocycles. The molecule has 2 unspecified atom stereocenters. The van der Waals surface area contributed by atoms with Gasteiger partial charge in [-0.3, -0.25) is 10.1 Å². The molecule has 2 atom stereocenters. The Labute approximate surface area is 104 Å². The van der Waals surface area contributed by atoms with Crippen LogP contribution >= 0.6 is 0 Å². The molecule has 1 rings (SSSR count). The maximum absolute atomic E-state index is 12.7. The molecule has 0 saturated carbocycles. The molecule has 0 spiro atoms. The molecule has 0 aromatic heterocycles. The first kappa shape index (κ1) is 14.1. The van der Waals surface area contributed by atoms with E-state index in [2.05, 4.69) is 4.74 Å². The molecule has 1 aromatic rings. The van der Waals surface area contributed by atoms with Crippen LogP contribution in [-0.4, -0.2) is 24.0 Å². The Morgan fingerprint density at radius 2 is 2.00 bits per heavy atom. The van der Waals surface area contributed by atoms with E-state index in [1.54, 1.807) is 19.1 Å². The molecular weight excluding hydrogens is 241 g/mol. The minimum Gasteiger partial charge on any atom is -0.464 e. The standard InChI is InChI=1S/C12H14FNO4/c1-8(9-3-5-10(13)6-4-9)7-11(14(16)17)12(15)18-2/h3-6,8,11H,7H2,1-2H3. The highest BCUT2D eigenvalue weighted by Gasteiger charge is 2.32. The van der Waals surface area contributed by atoms with Crippen molar-refractivity contribution in [1.82, 2.24) is 0 Å². The maximum atomic E-state index is 12.7. The molecule has 1 aromatic carbocycles. The first-order valence-electron chi connectivity index (χ1n) is 5.42. The van der Waals surface area contributed by atoms with E-state index >= 15 is 0 Å². The minimum atomic E-state index is -1.39. The van der Waals surface area contributed by atoms with Crippen molar-refractivity contribution in [3.05, 3.63) is 45.8 Å². The third-order valence-electron chi connectivity index (χ3n) is 2.74. The number of hydrogen-bond acceptors (Lipinski definition) is 4. The second-order valence-electron chi connectivity index (χ2n) is 4.01. The Balaban J connectivity index is 2.78. The topological polar surface area (TPSA) is 69.4 Å². The summed E-state index contributed by atoms with van der Waals surface area (Å²) in [5.74, 6) is -1.47. The van der Waals surface area contributed by atoms with Gasteiger partial charge in [-0.25, -0.2) is 9.18 Å². The smallest absolute Gasteiger partial charge is 0.381 e. The first-order valence-corrected chi connectivity index (χ1v) is 5.42. The van der Waals surface area contributed by atoms with Gasteiger partial charge < -0.3 is 4.74 Å². The number of nitrogens with zero attached hydrogens (tertiary/aromatic N) is 1. The van der Waals surface area contributed by atoms with Gasteiger partial charge in [-0.1, -0.05) is 19.1 Å². The van der Waals surface area contributed by atoms with Gasteiger partial charge in [0.1, 0.15) is 5.82 Å². The number of ether oxygens (including phenoxy) is 1. The molecule has 0 aliphatic carbocycles. The van der Waals surface area contributed by atoms with Crippen molar-refractivity contribution in [2.45, 2.75) is 25.3 Å². The summed E-state index contributed by atoms with van der Waals surface area (Å²) in [7, 11) is 1.11. The average Bonchev–Trinajstić information content (AvgIpc) is 2.35. The fourth-order valence-electron chi connectivity index (χ4n) is 1.67. The Kier molecular flexibility index (Phi) is 4.76. The zero-order chi connectivity index (χ0) is 13.7. The van der Waals surface area contributed by atoms with Crippen LogP contribution < -0.4 is 0 Å². The monoisotopic (exact) mass is 255 g/mol. The van der Waals surface area contributed by atoms with Gasteiger partial charge in [0.25, 0.3) is 0 Å². The van der Waals surface area contributed by atoms with Crippen LogP contribution in [0.25, 0.3) is 0 Å². The number of carbonyl (C=O) groups is 1. The molecule has 0 fully saturated rings.